The minimum Gasteiger partial charge on any atom is -0.398 e. The van der Waals surface area contributed by atoms with E-state index in [-0.39, 0.29) is 0 Å². The first kappa shape index (κ1) is 41.0. The van der Waals surface area contributed by atoms with Gasteiger partial charge in [-0.1, -0.05) is 255 Å². The third-order valence-corrected chi connectivity index (χ3v) is 22.0. The molecule has 0 atom stereocenters. The van der Waals surface area contributed by atoms with Crippen molar-refractivity contribution in [3.63, 3.8) is 0 Å². The van der Waals surface area contributed by atoms with E-state index in [1.165, 1.54) is 52.6 Å². The molecule has 9 aromatic rings. The van der Waals surface area contributed by atoms with Crippen LogP contribution in [0.2, 0.25) is 0 Å². The Hall–Kier alpha value is -7.38. The molecule has 0 spiro atoms. The van der Waals surface area contributed by atoms with Gasteiger partial charge in [-0.15, -0.1) is 0 Å². The molecule has 0 aliphatic carbocycles. The van der Waals surface area contributed by atoms with Crippen LogP contribution in [0.3, 0.4) is 0 Å². The van der Waals surface area contributed by atoms with Crippen molar-refractivity contribution in [1.29, 1.82) is 0 Å². The maximum absolute atomic E-state index is 7.36. The number of hydrogen-bond donors (Lipinski definition) is 1. The molecule has 2 nitrogen and oxygen atoms in total. The van der Waals surface area contributed by atoms with Gasteiger partial charge in [0, 0.05) is 5.70 Å². The van der Waals surface area contributed by atoms with E-state index in [2.05, 4.69) is 268 Å². The van der Waals surface area contributed by atoms with E-state index in [9.17, 15) is 0 Å². The second-order valence-corrected chi connectivity index (χ2v) is 23.7. The van der Waals surface area contributed by atoms with Gasteiger partial charge in [0.1, 0.15) is 0 Å². The average Bonchev–Trinajstić information content (AvgIpc) is 3.36. The number of hydrogen-bond acceptors (Lipinski definition) is 2. The van der Waals surface area contributed by atoms with Crippen molar-refractivity contribution < 1.29 is 0 Å². The number of aryl methyl sites for hydroxylation is 1. The van der Waals surface area contributed by atoms with E-state index in [0.717, 1.165) is 16.8 Å². The fourth-order valence-electron chi connectivity index (χ4n) is 9.38. The van der Waals surface area contributed by atoms with Crippen LogP contribution in [0.4, 0.5) is 0 Å². The van der Waals surface area contributed by atoms with Crippen LogP contribution in [0, 0.1) is 6.92 Å². The molecule has 4 heteroatoms. The molecule has 9 rings (SSSR count). The van der Waals surface area contributed by atoms with Crippen molar-refractivity contribution in [3.8, 4) is 0 Å². The summed E-state index contributed by atoms with van der Waals surface area (Å²) in [6, 6.07) is 92.8. The lowest BCUT2D eigenvalue weighted by atomic mass is 10.1. The quantitative estimate of drug-likeness (QED) is 0.0721. The highest BCUT2D eigenvalue weighted by Gasteiger charge is 2.42. The summed E-state index contributed by atoms with van der Waals surface area (Å²) >= 11 is 0. The van der Waals surface area contributed by atoms with Gasteiger partial charge in [-0.05, 0) is 76.7 Å². The summed E-state index contributed by atoms with van der Waals surface area (Å²) in [7, 11) is -5.58. The highest BCUT2D eigenvalue weighted by molar-refractivity contribution is 7.20. The number of nitrogens with two attached hydrogens (primary N) is 1. The van der Waals surface area contributed by atoms with Crippen molar-refractivity contribution in [1.82, 2.24) is 0 Å². The summed E-state index contributed by atoms with van der Waals surface area (Å²) in [6.45, 7) is 2.68. The summed E-state index contributed by atoms with van der Waals surface area (Å²) < 4.78 is 0. The van der Waals surface area contributed by atoms with Gasteiger partial charge in [0.15, 0.2) is 16.1 Å². The third kappa shape index (κ3) is 8.10. The molecule has 63 heavy (non-hydrogen) atoms. The van der Waals surface area contributed by atoms with Crippen molar-refractivity contribution >= 4 is 69.1 Å². The Kier molecular flexibility index (Phi) is 12.2. The van der Waals surface area contributed by atoms with Gasteiger partial charge in [-0.2, -0.15) is 0 Å². The van der Waals surface area contributed by atoms with E-state index < -0.39 is 16.1 Å². The van der Waals surface area contributed by atoms with E-state index in [4.69, 9.17) is 10.7 Å². The summed E-state index contributed by atoms with van der Waals surface area (Å²) in [5.74, 6) is 0. The first-order chi connectivity index (χ1) is 31.1. The molecule has 0 fully saturated rings. The summed E-state index contributed by atoms with van der Waals surface area (Å²) in [5.41, 5.74) is 13.3. The lowest BCUT2D eigenvalue weighted by Gasteiger charge is -2.34. The molecule has 9 aromatic carbocycles. The van der Waals surface area contributed by atoms with Crippen LogP contribution in [-0.2, 0) is 6.54 Å². The Morgan fingerprint density at radius 3 is 1.08 bits per heavy atom. The highest BCUT2D eigenvalue weighted by Crippen LogP contribution is 2.18. The molecule has 0 saturated carbocycles. The van der Waals surface area contributed by atoms with Crippen LogP contribution < -0.4 is 47.2 Å². The van der Waals surface area contributed by atoms with Gasteiger partial charge >= 0.3 is 0 Å². The largest absolute Gasteiger partial charge is 0.398 e. The molecule has 304 valence electrons. The molecule has 0 amide bonds. The molecule has 0 aliphatic heterocycles. The Bertz CT molecular complexity index is 2780. The maximum Gasteiger partial charge on any atom is 0.179 e. The summed E-state index contributed by atoms with van der Waals surface area (Å²) in [6.07, 6.45) is 2.10. The molecule has 0 aliphatic rings. The van der Waals surface area contributed by atoms with E-state index >= 15 is 0 Å². The zero-order valence-electron chi connectivity index (χ0n) is 35.6. The van der Waals surface area contributed by atoms with Crippen molar-refractivity contribution in [2.24, 2.45) is 10.7 Å². The SMILES string of the molecule is Cc1ccccc1CN=C(/C=C(\N)c1cccc([Si](c2ccccc2)(c2ccccc2)c2ccccc2)c1)c1cccc([Si](c2ccccc2)(c2ccccc2)c2ccccc2)c1. The molecule has 0 aromatic heterocycles. The van der Waals surface area contributed by atoms with Gasteiger partial charge in [-0.25, -0.2) is 0 Å². The molecule has 0 radical (unpaired) electrons. The lowest BCUT2D eigenvalue weighted by Crippen LogP contribution is -2.74. The Morgan fingerprint density at radius 1 is 0.381 bits per heavy atom. The average molecular weight is 843 g/mol. The van der Waals surface area contributed by atoms with Gasteiger partial charge in [-0.3, -0.25) is 4.99 Å². The zero-order valence-corrected chi connectivity index (χ0v) is 37.6. The monoisotopic (exact) mass is 842 g/mol. The molecule has 0 heterocycles. The molecular weight excluding hydrogens is 793 g/mol. The summed E-state index contributed by atoms with van der Waals surface area (Å²) in [5, 5.41) is 10.5. The van der Waals surface area contributed by atoms with Crippen LogP contribution in [0.1, 0.15) is 22.3 Å². The number of nitrogens with zero attached hydrogens (tertiary/aromatic N) is 1. The topological polar surface area (TPSA) is 38.4 Å². The Labute approximate surface area is 374 Å². The Balaban J connectivity index is 1.23. The van der Waals surface area contributed by atoms with Crippen LogP contribution in [0.15, 0.2) is 266 Å². The molecule has 0 unspecified atom stereocenters. The zero-order chi connectivity index (χ0) is 42.9. The van der Waals surface area contributed by atoms with Crippen LogP contribution in [0.5, 0.6) is 0 Å². The minimum absolute atomic E-state index is 0.528. The number of benzene rings is 9. The van der Waals surface area contributed by atoms with Gasteiger partial charge < -0.3 is 5.73 Å². The number of aliphatic imine (C=N–C) groups is 1. The standard InChI is InChI=1S/C59H50N2Si2/c1-46-24-20-21-25-49(46)45-61-59(48-27-23-41-57(43-48)63(53-34-14-5-15-35-53,54-36-16-6-17-37-54)55-38-18-7-19-39-55)44-58(60)47-26-22-40-56(42-47)62(50-28-8-2-9-29-50,51-30-10-3-11-31-51)52-32-12-4-13-33-52/h2-44H,45,60H2,1H3/b58-44-,61-59?. The van der Waals surface area contributed by atoms with Crippen molar-refractivity contribution in [2.45, 2.75) is 13.5 Å². The van der Waals surface area contributed by atoms with Crippen molar-refractivity contribution in [3.05, 3.63) is 283 Å². The predicted molar refractivity (Wildman–Crippen MR) is 274 cm³/mol. The normalized spacial score (nSPS) is 12.2. The fraction of sp³-hybridized carbons (Fsp3) is 0.0339. The number of rotatable bonds is 13. The van der Waals surface area contributed by atoms with E-state index in [1.54, 1.807) is 0 Å². The van der Waals surface area contributed by atoms with Crippen LogP contribution in [-0.4, -0.2) is 21.9 Å². The van der Waals surface area contributed by atoms with E-state index in [1.807, 2.05) is 0 Å². The number of allylic oxidation sites excluding steroid dienone is 1. The van der Waals surface area contributed by atoms with Gasteiger partial charge in [0.2, 0.25) is 0 Å². The highest BCUT2D eigenvalue weighted by atomic mass is 28.3. The van der Waals surface area contributed by atoms with Gasteiger partial charge in [0.05, 0.1) is 12.3 Å². The maximum atomic E-state index is 7.36. The van der Waals surface area contributed by atoms with Crippen molar-refractivity contribution in [2.75, 3.05) is 0 Å². The molecule has 2 N–H and O–H groups in total. The molecule has 0 saturated heterocycles. The third-order valence-electron chi connectivity index (χ3n) is 12.4. The van der Waals surface area contributed by atoms with Gasteiger partial charge in [0.25, 0.3) is 0 Å². The fourth-order valence-corrected chi connectivity index (χ4v) is 19.0. The van der Waals surface area contributed by atoms with E-state index in [0.29, 0.717) is 12.2 Å². The molecular formula is C59H50N2Si2. The summed E-state index contributed by atoms with van der Waals surface area (Å²) in [4.78, 5) is 5.43. The Morgan fingerprint density at radius 2 is 0.698 bits per heavy atom. The minimum atomic E-state index is -2.80. The smallest absolute Gasteiger partial charge is 0.179 e. The first-order valence-electron chi connectivity index (χ1n) is 21.7. The van der Waals surface area contributed by atoms with Crippen LogP contribution >= 0.6 is 0 Å². The van der Waals surface area contributed by atoms with Crippen LogP contribution in [0.25, 0.3) is 5.70 Å². The second-order valence-electron chi connectivity index (χ2n) is 16.1. The first-order valence-corrected chi connectivity index (χ1v) is 25.7. The lowest BCUT2D eigenvalue weighted by molar-refractivity contribution is 1.05. The predicted octanol–water partition coefficient (Wildman–Crippen LogP) is 7.74. The molecule has 0 bridgehead atoms. The second kappa shape index (κ2) is 18.7.